The van der Waals surface area contributed by atoms with Crippen LogP contribution in [0.3, 0.4) is 0 Å². The summed E-state index contributed by atoms with van der Waals surface area (Å²) in [5, 5.41) is 4.11. The van der Waals surface area contributed by atoms with Gasteiger partial charge in [-0.1, -0.05) is 11.6 Å². The van der Waals surface area contributed by atoms with E-state index in [4.69, 9.17) is 16.6 Å². The van der Waals surface area contributed by atoms with Gasteiger partial charge in [-0.25, -0.2) is 9.37 Å². The van der Waals surface area contributed by atoms with Gasteiger partial charge in [-0.15, -0.1) is 0 Å². The number of imidazole rings is 1. The van der Waals surface area contributed by atoms with Gasteiger partial charge < -0.3 is 10.2 Å². The number of fused-ring (bicyclic) bond motifs is 1. The number of likely N-dealkylation sites (N-methyl/N-ethyl adjacent to an activating group) is 1. The molecule has 1 amide bonds. The Morgan fingerprint density at radius 2 is 1.86 bits per heavy atom. The van der Waals surface area contributed by atoms with Gasteiger partial charge in [0.2, 0.25) is 5.91 Å². The molecule has 2 heterocycles. The minimum atomic E-state index is -0.822. The van der Waals surface area contributed by atoms with Crippen LogP contribution in [0.25, 0.3) is 11.3 Å². The normalized spacial score (nSPS) is 15.4. The zero-order chi connectivity index (χ0) is 20.9. The number of aromatic nitrogens is 2. The molecule has 0 saturated heterocycles. The van der Waals surface area contributed by atoms with E-state index in [1.54, 1.807) is 24.1 Å². The molecule has 0 bridgehead atoms. The number of aryl methyl sites for hydroxylation is 1. The second kappa shape index (κ2) is 6.88. The predicted molar refractivity (Wildman–Crippen MR) is 113 cm³/mol. The van der Waals surface area contributed by atoms with Crippen LogP contribution in [0.4, 0.5) is 15.9 Å². The van der Waals surface area contributed by atoms with E-state index in [9.17, 15) is 9.18 Å². The zero-order valence-corrected chi connectivity index (χ0v) is 17.5. The number of hydrogen-bond acceptors (Lipinski definition) is 3. The molecule has 0 aliphatic carbocycles. The molecule has 4 rings (SSSR count). The van der Waals surface area contributed by atoms with E-state index in [-0.39, 0.29) is 11.7 Å². The van der Waals surface area contributed by atoms with Crippen molar-refractivity contribution in [3.05, 3.63) is 64.7 Å². The second-order valence-corrected chi connectivity index (χ2v) is 8.28. The molecule has 7 heteroatoms. The summed E-state index contributed by atoms with van der Waals surface area (Å²) in [6.07, 6.45) is 0. The van der Waals surface area contributed by atoms with Gasteiger partial charge in [0.05, 0.1) is 6.54 Å². The van der Waals surface area contributed by atoms with Crippen molar-refractivity contribution < 1.29 is 9.18 Å². The lowest BCUT2D eigenvalue weighted by Gasteiger charge is -2.37. The number of carbonyl (C=O) groups excluding carboxylic acids is 1. The third-order valence-corrected chi connectivity index (χ3v) is 5.72. The first-order valence-electron chi connectivity index (χ1n) is 9.35. The first-order chi connectivity index (χ1) is 13.7. The Morgan fingerprint density at radius 3 is 2.52 bits per heavy atom. The summed E-state index contributed by atoms with van der Waals surface area (Å²) < 4.78 is 15.4. The fraction of sp³-hybridized carbons (Fsp3) is 0.273. The smallest absolute Gasteiger partial charge is 0.248 e. The molecule has 0 atom stereocenters. The first-order valence-corrected chi connectivity index (χ1v) is 9.73. The highest BCUT2D eigenvalue weighted by atomic mass is 35.5. The van der Waals surface area contributed by atoms with Crippen LogP contribution in [0.5, 0.6) is 0 Å². The largest absolute Gasteiger partial charge is 0.340 e. The van der Waals surface area contributed by atoms with E-state index in [0.717, 1.165) is 22.6 Å². The van der Waals surface area contributed by atoms with Crippen LogP contribution in [-0.4, -0.2) is 27.4 Å². The Bertz CT molecular complexity index is 1100. The minimum Gasteiger partial charge on any atom is -0.340 e. The quantitative estimate of drug-likeness (QED) is 0.651. The van der Waals surface area contributed by atoms with Crippen molar-refractivity contribution in [3.8, 4) is 11.3 Å². The van der Waals surface area contributed by atoms with E-state index in [0.29, 0.717) is 23.1 Å². The summed E-state index contributed by atoms with van der Waals surface area (Å²) in [6, 6.07) is 11.9. The summed E-state index contributed by atoms with van der Waals surface area (Å²) in [6.45, 7) is 6.09. The monoisotopic (exact) mass is 412 g/mol. The van der Waals surface area contributed by atoms with Gasteiger partial charge in [-0.3, -0.25) is 9.36 Å². The summed E-state index contributed by atoms with van der Waals surface area (Å²) in [5.41, 5.74) is 2.39. The fourth-order valence-electron chi connectivity index (χ4n) is 3.81. The molecule has 0 spiro atoms. The van der Waals surface area contributed by atoms with Crippen molar-refractivity contribution in [2.24, 2.45) is 0 Å². The van der Waals surface area contributed by atoms with Crippen molar-refractivity contribution >= 4 is 29.0 Å². The maximum absolute atomic E-state index is 13.5. The van der Waals surface area contributed by atoms with Gasteiger partial charge >= 0.3 is 0 Å². The van der Waals surface area contributed by atoms with E-state index in [2.05, 4.69) is 5.32 Å². The van der Waals surface area contributed by atoms with Crippen LogP contribution in [0, 0.1) is 12.7 Å². The number of halogens is 2. The number of carbonyl (C=O) groups is 1. The molecule has 150 valence electrons. The lowest BCUT2D eigenvalue weighted by molar-refractivity contribution is -0.140. The van der Waals surface area contributed by atoms with E-state index in [1.807, 2.05) is 43.5 Å². The molecule has 2 aromatic carbocycles. The Kier molecular flexibility index (Phi) is 4.62. The molecular weight excluding hydrogens is 391 g/mol. The summed E-state index contributed by atoms with van der Waals surface area (Å²) in [4.78, 5) is 19.4. The lowest BCUT2D eigenvalue weighted by atomic mass is 10.00. The Hall–Kier alpha value is -2.86. The van der Waals surface area contributed by atoms with E-state index < -0.39 is 5.54 Å². The SMILES string of the molecule is Cc1cc(Nc2c(-c3ccc(F)cc3)nc3n2C(C)(C)C(=O)N(C)C3)ccc1Cl. The lowest BCUT2D eigenvalue weighted by Crippen LogP contribution is -2.50. The average molecular weight is 413 g/mol. The maximum atomic E-state index is 13.5. The standard InChI is InChI=1S/C22H22ClFN4O/c1-13-11-16(9-10-17(13)23)25-20-19(14-5-7-15(24)8-6-14)26-18-12-27(4)21(29)22(2,3)28(18)20/h5-11,25H,12H2,1-4H3. The molecular formula is C22H22ClFN4O. The molecule has 0 unspecified atom stereocenters. The highest BCUT2D eigenvalue weighted by Crippen LogP contribution is 2.39. The highest BCUT2D eigenvalue weighted by Gasteiger charge is 2.41. The van der Waals surface area contributed by atoms with Crippen molar-refractivity contribution in [1.29, 1.82) is 0 Å². The molecule has 3 aromatic rings. The number of nitrogens with one attached hydrogen (secondary N) is 1. The topological polar surface area (TPSA) is 50.2 Å². The molecule has 0 saturated carbocycles. The number of benzene rings is 2. The van der Waals surface area contributed by atoms with Gasteiger partial charge in [0, 0.05) is 23.3 Å². The van der Waals surface area contributed by atoms with Crippen LogP contribution in [0.15, 0.2) is 42.5 Å². The zero-order valence-electron chi connectivity index (χ0n) is 16.8. The van der Waals surface area contributed by atoms with Crippen LogP contribution in [0.2, 0.25) is 5.02 Å². The molecule has 5 nitrogen and oxygen atoms in total. The molecule has 1 N–H and O–H groups in total. The summed E-state index contributed by atoms with van der Waals surface area (Å²) in [5.74, 6) is 1.16. The van der Waals surface area contributed by atoms with Crippen molar-refractivity contribution in [2.75, 3.05) is 12.4 Å². The average Bonchev–Trinajstić information content (AvgIpc) is 3.02. The van der Waals surface area contributed by atoms with Gasteiger partial charge in [-0.05, 0) is 68.8 Å². The molecule has 0 radical (unpaired) electrons. The molecule has 1 aliphatic rings. The third kappa shape index (κ3) is 3.27. The molecule has 0 fully saturated rings. The van der Waals surface area contributed by atoms with Crippen LogP contribution >= 0.6 is 11.6 Å². The second-order valence-electron chi connectivity index (χ2n) is 7.88. The Balaban J connectivity index is 1.92. The maximum Gasteiger partial charge on any atom is 0.248 e. The molecule has 1 aliphatic heterocycles. The van der Waals surface area contributed by atoms with Crippen molar-refractivity contribution in [2.45, 2.75) is 32.9 Å². The minimum absolute atomic E-state index is 0.00314. The van der Waals surface area contributed by atoms with Gasteiger partial charge in [0.1, 0.15) is 28.7 Å². The first kappa shape index (κ1) is 19.5. The van der Waals surface area contributed by atoms with Crippen molar-refractivity contribution in [3.63, 3.8) is 0 Å². The fourth-order valence-corrected chi connectivity index (χ4v) is 3.92. The van der Waals surface area contributed by atoms with Crippen LogP contribution < -0.4 is 5.32 Å². The number of hydrogen-bond donors (Lipinski definition) is 1. The number of rotatable bonds is 3. The Labute approximate surface area is 174 Å². The molecule has 29 heavy (non-hydrogen) atoms. The van der Waals surface area contributed by atoms with Crippen LogP contribution in [0.1, 0.15) is 25.2 Å². The van der Waals surface area contributed by atoms with Gasteiger partial charge in [-0.2, -0.15) is 0 Å². The van der Waals surface area contributed by atoms with Crippen LogP contribution in [-0.2, 0) is 16.9 Å². The highest BCUT2D eigenvalue weighted by molar-refractivity contribution is 6.31. The van der Waals surface area contributed by atoms with E-state index >= 15 is 0 Å². The number of amides is 1. The van der Waals surface area contributed by atoms with Gasteiger partial charge in [0.15, 0.2) is 0 Å². The number of nitrogens with zero attached hydrogens (tertiary/aromatic N) is 3. The molecule has 1 aromatic heterocycles. The predicted octanol–water partition coefficient (Wildman–Crippen LogP) is 5.10. The Morgan fingerprint density at radius 1 is 1.17 bits per heavy atom. The van der Waals surface area contributed by atoms with Crippen molar-refractivity contribution in [1.82, 2.24) is 14.5 Å². The third-order valence-electron chi connectivity index (χ3n) is 5.29. The number of anilines is 2. The summed E-state index contributed by atoms with van der Waals surface area (Å²) >= 11 is 6.17. The summed E-state index contributed by atoms with van der Waals surface area (Å²) in [7, 11) is 1.77. The van der Waals surface area contributed by atoms with E-state index in [1.165, 1.54) is 12.1 Å². The van der Waals surface area contributed by atoms with Gasteiger partial charge in [0.25, 0.3) is 0 Å².